The van der Waals surface area contributed by atoms with Crippen LogP contribution >= 0.6 is 0 Å². The average Bonchev–Trinajstić information content (AvgIpc) is 2.55. The molecule has 0 bridgehead atoms. The summed E-state index contributed by atoms with van der Waals surface area (Å²) in [7, 11) is 0. The zero-order valence-electron chi connectivity index (χ0n) is 13.0. The van der Waals surface area contributed by atoms with Gasteiger partial charge in [0, 0.05) is 25.0 Å². The Hall–Kier alpha value is -1.87. The zero-order valence-corrected chi connectivity index (χ0v) is 13.0. The van der Waals surface area contributed by atoms with E-state index < -0.39 is 0 Å². The topological polar surface area (TPSA) is 36.4 Å². The number of phenolic OH excluding ortho intramolecular Hbond substituents is 1. The summed E-state index contributed by atoms with van der Waals surface area (Å²) in [6.07, 6.45) is 9.89. The second-order valence-corrected chi connectivity index (χ2v) is 6.19. The third-order valence-corrected chi connectivity index (χ3v) is 4.53. The number of aromatic hydroxyl groups is 1. The van der Waals surface area contributed by atoms with E-state index in [1.165, 1.54) is 36.9 Å². The molecule has 0 saturated carbocycles. The lowest BCUT2D eigenvalue weighted by molar-refractivity contribution is 0.132. The van der Waals surface area contributed by atoms with E-state index in [1.54, 1.807) is 6.07 Å². The molecular weight excluding hydrogens is 272 g/mol. The first kappa shape index (κ1) is 15.0. The molecule has 0 amide bonds. The largest absolute Gasteiger partial charge is 0.508 e. The lowest BCUT2D eigenvalue weighted by Crippen LogP contribution is -2.39. The summed E-state index contributed by atoms with van der Waals surface area (Å²) in [5.41, 5.74) is 2.53. The number of pyridine rings is 1. The number of aromatic nitrogens is 1. The van der Waals surface area contributed by atoms with Crippen LogP contribution in [0, 0.1) is 0 Å². The van der Waals surface area contributed by atoms with E-state index in [2.05, 4.69) is 22.0 Å². The number of nitrogens with zero attached hydrogens (tertiary/aromatic N) is 2. The Morgan fingerprint density at radius 3 is 2.86 bits per heavy atom. The van der Waals surface area contributed by atoms with Gasteiger partial charge in [-0.15, -0.1) is 0 Å². The molecule has 0 radical (unpaired) electrons. The maximum Gasteiger partial charge on any atom is 0.115 e. The normalized spacial score (nSPS) is 19.2. The average molecular weight is 296 g/mol. The summed E-state index contributed by atoms with van der Waals surface area (Å²) in [4.78, 5) is 6.82. The SMILES string of the molecule is Oc1cccc(CCC2CCCCN2Cc2cccnc2)c1. The highest BCUT2D eigenvalue weighted by molar-refractivity contribution is 5.27. The maximum absolute atomic E-state index is 9.58. The summed E-state index contributed by atoms with van der Waals surface area (Å²) in [6, 6.07) is 12.5. The first-order valence-corrected chi connectivity index (χ1v) is 8.22. The standard InChI is InChI=1S/C19H24N2O/c22-19-8-3-5-16(13-19)9-10-18-7-1-2-12-21(18)15-17-6-4-11-20-14-17/h3-6,8,11,13-14,18,22H,1-2,7,9-10,12,15H2. The smallest absolute Gasteiger partial charge is 0.115 e. The van der Waals surface area contributed by atoms with E-state index in [9.17, 15) is 5.11 Å². The van der Waals surface area contributed by atoms with Crippen LogP contribution in [0.2, 0.25) is 0 Å². The van der Waals surface area contributed by atoms with Crippen LogP contribution in [0.25, 0.3) is 0 Å². The van der Waals surface area contributed by atoms with Crippen molar-refractivity contribution in [3.8, 4) is 5.75 Å². The van der Waals surface area contributed by atoms with Crippen molar-refractivity contribution in [2.45, 2.75) is 44.7 Å². The molecule has 0 aliphatic carbocycles. The van der Waals surface area contributed by atoms with Gasteiger partial charge >= 0.3 is 0 Å². The molecule has 3 heteroatoms. The van der Waals surface area contributed by atoms with Gasteiger partial charge in [0.15, 0.2) is 0 Å². The molecule has 1 atom stereocenters. The van der Waals surface area contributed by atoms with Gasteiger partial charge in [-0.1, -0.05) is 24.6 Å². The van der Waals surface area contributed by atoms with Gasteiger partial charge in [0.2, 0.25) is 0 Å². The number of benzene rings is 1. The van der Waals surface area contributed by atoms with E-state index >= 15 is 0 Å². The predicted molar refractivity (Wildman–Crippen MR) is 88.7 cm³/mol. The van der Waals surface area contributed by atoms with Crippen LogP contribution in [-0.2, 0) is 13.0 Å². The molecule has 22 heavy (non-hydrogen) atoms. The summed E-state index contributed by atoms with van der Waals surface area (Å²) < 4.78 is 0. The Kier molecular flexibility index (Phi) is 5.07. The van der Waals surface area contributed by atoms with Crippen molar-refractivity contribution in [1.29, 1.82) is 0 Å². The zero-order chi connectivity index (χ0) is 15.2. The molecule has 1 aliphatic rings. The fourth-order valence-corrected chi connectivity index (χ4v) is 3.37. The lowest BCUT2D eigenvalue weighted by atomic mass is 9.95. The van der Waals surface area contributed by atoms with Crippen LogP contribution < -0.4 is 0 Å². The van der Waals surface area contributed by atoms with Gasteiger partial charge < -0.3 is 5.11 Å². The first-order chi connectivity index (χ1) is 10.8. The van der Waals surface area contributed by atoms with Crippen molar-refractivity contribution in [3.63, 3.8) is 0 Å². The third-order valence-electron chi connectivity index (χ3n) is 4.53. The fourth-order valence-electron chi connectivity index (χ4n) is 3.37. The van der Waals surface area contributed by atoms with Gasteiger partial charge in [0.1, 0.15) is 5.75 Å². The number of likely N-dealkylation sites (tertiary alicyclic amines) is 1. The van der Waals surface area contributed by atoms with Gasteiger partial charge in [-0.3, -0.25) is 9.88 Å². The van der Waals surface area contributed by atoms with Crippen LogP contribution in [0.15, 0.2) is 48.8 Å². The number of rotatable bonds is 5. The Labute approximate surface area is 132 Å². The fraction of sp³-hybridized carbons (Fsp3) is 0.421. The van der Waals surface area contributed by atoms with Crippen LogP contribution in [0.5, 0.6) is 5.75 Å². The van der Waals surface area contributed by atoms with Gasteiger partial charge in [-0.25, -0.2) is 0 Å². The van der Waals surface area contributed by atoms with E-state index in [4.69, 9.17) is 0 Å². The predicted octanol–water partition coefficient (Wildman–Crippen LogP) is 3.77. The Morgan fingerprint density at radius 2 is 2.05 bits per heavy atom. The Morgan fingerprint density at radius 1 is 1.14 bits per heavy atom. The van der Waals surface area contributed by atoms with Crippen LogP contribution in [0.3, 0.4) is 0 Å². The quantitative estimate of drug-likeness (QED) is 0.912. The third kappa shape index (κ3) is 4.08. The van der Waals surface area contributed by atoms with E-state index in [0.717, 1.165) is 19.4 Å². The van der Waals surface area contributed by atoms with Crippen molar-refractivity contribution in [3.05, 3.63) is 59.9 Å². The molecule has 0 spiro atoms. The molecular formula is C19H24N2O. The van der Waals surface area contributed by atoms with Gasteiger partial charge in [-0.05, 0) is 61.6 Å². The molecule has 1 N–H and O–H groups in total. The minimum Gasteiger partial charge on any atom is -0.508 e. The number of phenols is 1. The van der Waals surface area contributed by atoms with Gasteiger partial charge in [0.05, 0.1) is 0 Å². The number of hydrogen-bond donors (Lipinski definition) is 1. The first-order valence-electron chi connectivity index (χ1n) is 8.22. The Bertz CT molecular complexity index is 585. The van der Waals surface area contributed by atoms with Crippen molar-refractivity contribution in [2.24, 2.45) is 0 Å². The molecule has 1 aromatic carbocycles. The van der Waals surface area contributed by atoms with Crippen molar-refractivity contribution in [1.82, 2.24) is 9.88 Å². The molecule has 3 rings (SSSR count). The molecule has 1 aromatic heterocycles. The van der Waals surface area contributed by atoms with Crippen molar-refractivity contribution in [2.75, 3.05) is 6.54 Å². The molecule has 1 aliphatic heterocycles. The lowest BCUT2D eigenvalue weighted by Gasteiger charge is -2.36. The molecule has 1 saturated heterocycles. The molecule has 1 fully saturated rings. The molecule has 2 heterocycles. The van der Waals surface area contributed by atoms with Crippen molar-refractivity contribution >= 4 is 0 Å². The second kappa shape index (κ2) is 7.41. The highest BCUT2D eigenvalue weighted by atomic mass is 16.3. The summed E-state index contributed by atoms with van der Waals surface area (Å²) in [5.74, 6) is 0.369. The number of hydrogen-bond acceptors (Lipinski definition) is 3. The molecule has 3 nitrogen and oxygen atoms in total. The van der Waals surface area contributed by atoms with E-state index in [-0.39, 0.29) is 0 Å². The highest BCUT2D eigenvalue weighted by Gasteiger charge is 2.22. The second-order valence-electron chi connectivity index (χ2n) is 6.19. The van der Waals surface area contributed by atoms with Crippen LogP contribution in [-0.4, -0.2) is 27.6 Å². The number of piperidine rings is 1. The van der Waals surface area contributed by atoms with Crippen molar-refractivity contribution < 1.29 is 5.11 Å². The summed E-state index contributed by atoms with van der Waals surface area (Å²) in [6.45, 7) is 2.18. The summed E-state index contributed by atoms with van der Waals surface area (Å²) >= 11 is 0. The monoisotopic (exact) mass is 296 g/mol. The molecule has 116 valence electrons. The number of aryl methyl sites for hydroxylation is 1. The Balaban J connectivity index is 1.60. The van der Waals surface area contributed by atoms with Crippen LogP contribution in [0.4, 0.5) is 0 Å². The molecule has 1 unspecified atom stereocenters. The maximum atomic E-state index is 9.58. The molecule has 2 aromatic rings. The van der Waals surface area contributed by atoms with Gasteiger partial charge in [-0.2, -0.15) is 0 Å². The van der Waals surface area contributed by atoms with E-state index in [0.29, 0.717) is 11.8 Å². The minimum atomic E-state index is 0.369. The summed E-state index contributed by atoms with van der Waals surface area (Å²) in [5, 5.41) is 9.58. The van der Waals surface area contributed by atoms with Crippen LogP contribution in [0.1, 0.15) is 36.8 Å². The minimum absolute atomic E-state index is 0.369. The highest BCUT2D eigenvalue weighted by Crippen LogP contribution is 2.24. The van der Waals surface area contributed by atoms with Gasteiger partial charge in [0.25, 0.3) is 0 Å². The van der Waals surface area contributed by atoms with E-state index in [1.807, 2.05) is 30.6 Å².